The molecule has 0 saturated heterocycles. The third-order valence-corrected chi connectivity index (χ3v) is 4.46. The van der Waals surface area contributed by atoms with Crippen LogP contribution in [-0.2, 0) is 6.42 Å². The van der Waals surface area contributed by atoms with Crippen LogP contribution in [0.25, 0.3) is 0 Å². The Bertz CT molecular complexity index is 344. The lowest BCUT2D eigenvalue weighted by atomic mass is 9.92. The van der Waals surface area contributed by atoms with E-state index in [-0.39, 0.29) is 0 Å². The summed E-state index contributed by atoms with van der Waals surface area (Å²) in [7, 11) is 0. The Morgan fingerprint density at radius 2 is 1.84 bits per heavy atom. The molecule has 1 unspecified atom stereocenters. The highest BCUT2D eigenvalue weighted by Gasteiger charge is 2.25. The fraction of sp³-hybridized carbons (Fsp3) is 0.647. The molecule has 1 atom stereocenters. The van der Waals surface area contributed by atoms with Gasteiger partial charge in [0.2, 0.25) is 0 Å². The van der Waals surface area contributed by atoms with E-state index in [0.717, 1.165) is 25.6 Å². The minimum atomic E-state index is 0.496. The monoisotopic (exact) mass is 260 g/mol. The van der Waals surface area contributed by atoms with Crippen LogP contribution in [-0.4, -0.2) is 30.1 Å². The molecule has 0 aromatic heterocycles. The van der Waals surface area contributed by atoms with Gasteiger partial charge in [-0.2, -0.15) is 0 Å². The molecule has 0 radical (unpaired) electrons. The normalized spacial score (nSPS) is 18.7. The molecular formula is C17H28N2. The third kappa shape index (κ3) is 4.05. The number of benzene rings is 1. The van der Waals surface area contributed by atoms with Gasteiger partial charge in [0.25, 0.3) is 0 Å². The van der Waals surface area contributed by atoms with Gasteiger partial charge in [-0.05, 0) is 31.4 Å². The summed E-state index contributed by atoms with van der Waals surface area (Å²) in [5.74, 6) is 0. The summed E-state index contributed by atoms with van der Waals surface area (Å²) in [5.41, 5.74) is 7.47. The van der Waals surface area contributed by atoms with E-state index in [1.54, 1.807) is 0 Å². The Balaban J connectivity index is 2.01. The highest BCUT2D eigenvalue weighted by atomic mass is 15.2. The molecule has 0 spiro atoms. The Hall–Kier alpha value is -0.860. The van der Waals surface area contributed by atoms with Crippen molar-refractivity contribution in [3.05, 3.63) is 35.9 Å². The van der Waals surface area contributed by atoms with Crippen LogP contribution in [0.15, 0.2) is 30.3 Å². The summed E-state index contributed by atoms with van der Waals surface area (Å²) in [4.78, 5) is 2.66. The van der Waals surface area contributed by atoms with E-state index >= 15 is 0 Å². The summed E-state index contributed by atoms with van der Waals surface area (Å²) in [5, 5.41) is 0. The summed E-state index contributed by atoms with van der Waals surface area (Å²) in [6, 6.07) is 12.0. The molecule has 0 heterocycles. The van der Waals surface area contributed by atoms with Crippen molar-refractivity contribution in [1.29, 1.82) is 0 Å². The second-order valence-electron chi connectivity index (χ2n) is 5.70. The zero-order chi connectivity index (χ0) is 13.5. The van der Waals surface area contributed by atoms with Crippen LogP contribution in [0.1, 0.15) is 44.6 Å². The average molecular weight is 260 g/mol. The SMILES string of the molecule is CCN(C1CCCCC1)C(CN)Cc1ccccc1. The van der Waals surface area contributed by atoms with Crippen LogP contribution in [0.3, 0.4) is 0 Å². The predicted octanol–water partition coefficient (Wildman–Crippen LogP) is 3.21. The van der Waals surface area contributed by atoms with Crippen molar-refractivity contribution in [1.82, 2.24) is 4.90 Å². The molecule has 2 N–H and O–H groups in total. The topological polar surface area (TPSA) is 29.3 Å². The van der Waals surface area contributed by atoms with E-state index in [4.69, 9.17) is 5.73 Å². The number of likely N-dealkylation sites (N-methyl/N-ethyl adjacent to an activating group) is 1. The van der Waals surface area contributed by atoms with Crippen molar-refractivity contribution >= 4 is 0 Å². The number of hydrogen-bond acceptors (Lipinski definition) is 2. The lowest BCUT2D eigenvalue weighted by Crippen LogP contribution is -2.48. The zero-order valence-electron chi connectivity index (χ0n) is 12.2. The van der Waals surface area contributed by atoms with Crippen molar-refractivity contribution in [2.75, 3.05) is 13.1 Å². The summed E-state index contributed by atoms with van der Waals surface area (Å²) in [6.45, 7) is 4.17. The van der Waals surface area contributed by atoms with Gasteiger partial charge >= 0.3 is 0 Å². The summed E-state index contributed by atoms with van der Waals surface area (Å²) < 4.78 is 0. The van der Waals surface area contributed by atoms with E-state index in [1.165, 1.54) is 37.7 Å². The first-order valence-electron chi connectivity index (χ1n) is 7.85. The third-order valence-electron chi connectivity index (χ3n) is 4.46. The van der Waals surface area contributed by atoms with Crippen LogP contribution in [0, 0.1) is 0 Å². The van der Waals surface area contributed by atoms with Gasteiger partial charge in [0.05, 0.1) is 0 Å². The minimum absolute atomic E-state index is 0.496. The molecule has 2 rings (SSSR count). The highest BCUT2D eigenvalue weighted by Crippen LogP contribution is 2.24. The number of nitrogens with zero attached hydrogens (tertiary/aromatic N) is 1. The second-order valence-corrected chi connectivity index (χ2v) is 5.70. The molecule has 1 aliphatic rings. The summed E-state index contributed by atoms with van der Waals surface area (Å²) >= 11 is 0. The maximum absolute atomic E-state index is 6.06. The Labute approximate surface area is 118 Å². The molecule has 0 aliphatic heterocycles. The second kappa shape index (κ2) is 7.66. The highest BCUT2D eigenvalue weighted by molar-refractivity contribution is 5.16. The van der Waals surface area contributed by atoms with Crippen LogP contribution in [0.2, 0.25) is 0 Å². The molecule has 106 valence electrons. The van der Waals surface area contributed by atoms with Gasteiger partial charge in [0.15, 0.2) is 0 Å². The van der Waals surface area contributed by atoms with Crippen molar-refractivity contribution in [2.24, 2.45) is 5.73 Å². The molecule has 1 fully saturated rings. The molecule has 2 nitrogen and oxygen atoms in total. The number of rotatable bonds is 6. The van der Waals surface area contributed by atoms with Crippen molar-refractivity contribution in [3.8, 4) is 0 Å². The van der Waals surface area contributed by atoms with Crippen molar-refractivity contribution in [2.45, 2.75) is 57.5 Å². The molecule has 1 aliphatic carbocycles. The van der Waals surface area contributed by atoms with E-state index in [1.807, 2.05) is 0 Å². The largest absolute Gasteiger partial charge is 0.329 e. The van der Waals surface area contributed by atoms with Crippen LogP contribution in [0.5, 0.6) is 0 Å². The first kappa shape index (κ1) is 14.5. The zero-order valence-corrected chi connectivity index (χ0v) is 12.2. The van der Waals surface area contributed by atoms with Crippen LogP contribution in [0.4, 0.5) is 0 Å². The van der Waals surface area contributed by atoms with Crippen LogP contribution < -0.4 is 5.73 Å². The molecule has 19 heavy (non-hydrogen) atoms. The lowest BCUT2D eigenvalue weighted by molar-refractivity contribution is 0.113. The van der Waals surface area contributed by atoms with E-state index < -0.39 is 0 Å². The van der Waals surface area contributed by atoms with Gasteiger partial charge in [-0.15, -0.1) is 0 Å². The molecule has 0 amide bonds. The Morgan fingerprint density at radius 3 is 2.42 bits per heavy atom. The van der Waals surface area contributed by atoms with Gasteiger partial charge in [-0.3, -0.25) is 4.90 Å². The van der Waals surface area contributed by atoms with Gasteiger partial charge in [0, 0.05) is 18.6 Å². The molecule has 1 aromatic carbocycles. The fourth-order valence-electron chi connectivity index (χ4n) is 3.45. The number of hydrogen-bond donors (Lipinski definition) is 1. The van der Waals surface area contributed by atoms with Gasteiger partial charge in [0.1, 0.15) is 0 Å². The van der Waals surface area contributed by atoms with E-state index in [9.17, 15) is 0 Å². The standard InChI is InChI=1S/C17H28N2/c1-2-19(16-11-7-4-8-12-16)17(14-18)13-15-9-5-3-6-10-15/h3,5-6,9-10,16-17H,2,4,7-8,11-14,18H2,1H3. The van der Waals surface area contributed by atoms with Crippen molar-refractivity contribution < 1.29 is 0 Å². The average Bonchev–Trinajstić information content (AvgIpc) is 2.49. The van der Waals surface area contributed by atoms with Crippen LogP contribution >= 0.6 is 0 Å². The van der Waals surface area contributed by atoms with Gasteiger partial charge < -0.3 is 5.73 Å². The minimum Gasteiger partial charge on any atom is -0.329 e. The Kier molecular flexibility index (Phi) is 5.87. The molecule has 0 bridgehead atoms. The maximum Gasteiger partial charge on any atom is 0.0261 e. The van der Waals surface area contributed by atoms with E-state index in [2.05, 4.69) is 42.2 Å². The maximum atomic E-state index is 6.06. The molecule has 1 saturated carbocycles. The fourth-order valence-corrected chi connectivity index (χ4v) is 3.45. The first-order chi connectivity index (χ1) is 9.35. The quantitative estimate of drug-likeness (QED) is 0.851. The first-order valence-corrected chi connectivity index (χ1v) is 7.85. The molecular weight excluding hydrogens is 232 g/mol. The lowest BCUT2D eigenvalue weighted by Gasteiger charge is -2.39. The predicted molar refractivity (Wildman–Crippen MR) is 82.2 cm³/mol. The van der Waals surface area contributed by atoms with Crippen molar-refractivity contribution in [3.63, 3.8) is 0 Å². The van der Waals surface area contributed by atoms with E-state index in [0.29, 0.717) is 6.04 Å². The summed E-state index contributed by atoms with van der Waals surface area (Å²) in [6.07, 6.45) is 8.01. The molecule has 2 heteroatoms. The van der Waals surface area contributed by atoms with Gasteiger partial charge in [-0.25, -0.2) is 0 Å². The Morgan fingerprint density at radius 1 is 1.16 bits per heavy atom. The smallest absolute Gasteiger partial charge is 0.0261 e. The molecule has 1 aromatic rings. The van der Waals surface area contributed by atoms with Gasteiger partial charge in [-0.1, -0.05) is 56.5 Å². The number of nitrogens with two attached hydrogens (primary N) is 1.